The van der Waals surface area contributed by atoms with E-state index in [9.17, 15) is 9.59 Å². The maximum atomic E-state index is 12.0. The first-order valence-electron chi connectivity index (χ1n) is 8.99. The number of quaternary nitrogens is 1. The molecule has 3 atom stereocenters. The van der Waals surface area contributed by atoms with Gasteiger partial charge in [-0.15, -0.1) is 0 Å². The van der Waals surface area contributed by atoms with Crippen molar-refractivity contribution in [1.82, 2.24) is 0 Å². The molecule has 0 rings (SSSR count). The molecule has 0 aromatic rings. The first-order valence-corrected chi connectivity index (χ1v) is 8.99. The van der Waals surface area contributed by atoms with Crippen molar-refractivity contribution in [2.45, 2.75) is 53.2 Å². The van der Waals surface area contributed by atoms with Gasteiger partial charge in [0.25, 0.3) is 6.47 Å². The summed E-state index contributed by atoms with van der Waals surface area (Å²) in [6.45, 7) is 13.5. The van der Waals surface area contributed by atoms with Gasteiger partial charge in [-0.2, -0.15) is 0 Å². The lowest BCUT2D eigenvalue weighted by Gasteiger charge is -2.23. The highest BCUT2D eigenvalue weighted by Crippen LogP contribution is 2.22. The summed E-state index contributed by atoms with van der Waals surface area (Å²) in [7, 11) is 2.06. The quantitative estimate of drug-likeness (QED) is 0.259. The summed E-state index contributed by atoms with van der Waals surface area (Å²) >= 11 is 0. The molecule has 0 aromatic carbocycles. The van der Waals surface area contributed by atoms with Crippen molar-refractivity contribution in [2.24, 2.45) is 5.41 Å². The number of hydrogen-bond acceptors (Lipinski definition) is 6. The van der Waals surface area contributed by atoms with E-state index >= 15 is 0 Å². The molecule has 0 aliphatic heterocycles. The highest BCUT2D eigenvalue weighted by molar-refractivity contribution is 5.75. The molecule has 0 heterocycles. The molecule has 0 aromatic heterocycles. The fourth-order valence-corrected chi connectivity index (χ4v) is 1.77. The van der Waals surface area contributed by atoms with Gasteiger partial charge >= 0.3 is 5.97 Å². The molecule has 7 nitrogen and oxygen atoms in total. The van der Waals surface area contributed by atoms with E-state index < -0.39 is 5.41 Å². The SMILES string of the molecule is CCC(C)(C)C(=O)OC(C)COCC[NH+](C)CCOCC(C)OC=O. The molecular formula is C18H36NO6+. The molecule has 0 aliphatic carbocycles. The van der Waals surface area contributed by atoms with Gasteiger partial charge in [0.2, 0.25) is 0 Å². The largest absolute Gasteiger partial charge is 0.462 e. The van der Waals surface area contributed by atoms with Crippen LogP contribution >= 0.6 is 0 Å². The zero-order valence-corrected chi connectivity index (χ0v) is 16.6. The van der Waals surface area contributed by atoms with E-state index in [4.69, 9.17) is 18.9 Å². The van der Waals surface area contributed by atoms with Crippen LogP contribution in [0.5, 0.6) is 0 Å². The summed E-state index contributed by atoms with van der Waals surface area (Å²) in [5, 5.41) is 0. The maximum absolute atomic E-state index is 12.0. The zero-order valence-electron chi connectivity index (χ0n) is 16.6. The lowest BCUT2D eigenvalue weighted by Crippen LogP contribution is -3.10. The lowest BCUT2D eigenvalue weighted by molar-refractivity contribution is -0.880. The number of esters is 1. The third kappa shape index (κ3) is 11.9. The van der Waals surface area contributed by atoms with Crippen LogP contribution in [0.15, 0.2) is 0 Å². The average molecular weight is 362 g/mol. The fraction of sp³-hybridized carbons (Fsp3) is 0.889. The molecule has 0 bridgehead atoms. The van der Waals surface area contributed by atoms with E-state index in [1.807, 2.05) is 27.7 Å². The molecule has 0 saturated heterocycles. The Hall–Kier alpha value is -1.18. The zero-order chi connectivity index (χ0) is 19.3. The van der Waals surface area contributed by atoms with Crippen LogP contribution in [0.2, 0.25) is 0 Å². The van der Waals surface area contributed by atoms with Crippen LogP contribution in [-0.4, -0.2) is 71.2 Å². The normalized spacial score (nSPS) is 15.3. The molecule has 25 heavy (non-hydrogen) atoms. The second-order valence-electron chi connectivity index (χ2n) is 7.10. The van der Waals surface area contributed by atoms with Crippen LogP contribution in [0.1, 0.15) is 41.0 Å². The minimum absolute atomic E-state index is 0.182. The molecule has 3 unspecified atom stereocenters. The highest BCUT2D eigenvalue weighted by Gasteiger charge is 2.28. The van der Waals surface area contributed by atoms with Crippen molar-refractivity contribution >= 4 is 12.4 Å². The number of hydrogen-bond donors (Lipinski definition) is 1. The number of carbonyl (C=O) groups is 2. The molecule has 0 radical (unpaired) electrons. The van der Waals surface area contributed by atoms with E-state index in [2.05, 4.69) is 7.05 Å². The van der Waals surface area contributed by atoms with E-state index in [0.717, 1.165) is 19.5 Å². The van der Waals surface area contributed by atoms with Gasteiger partial charge in [0, 0.05) is 0 Å². The first kappa shape index (κ1) is 23.8. The van der Waals surface area contributed by atoms with Gasteiger partial charge in [-0.1, -0.05) is 6.92 Å². The van der Waals surface area contributed by atoms with Crippen molar-refractivity contribution in [1.29, 1.82) is 0 Å². The van der Waals surface area contributed by atoms with Crippen LogP contribution in [0.4, 0.5) is 0 Å². The van der Waals surface area contributed by atoms with Crippen LogP contribution in [-0.2, 0) is 28.5 Å². The minimum Gasteiger partial charge on any atom is -0.462 e. The maximum Gasteiger partial charge on any atom is 0.311 e. The standard InChI is InChI=1S/C18H35NO6/c1-7-18(4,5)17(21)25-16(3)13-23-11-9-19(6)8-10-22-12-15(2)24-14-20/h14-16H,7-13H2,1-6H3/p+1. The second kappa shape index (κ2) is 13.1. The smallest absolute Gasteiger partial charge is 0.311 e. The Morgan fingerprint density at radius 1 is 1.08 bits per heavy atom. The Kier molecular flexibility index (Phi) is 12.5. The van der Waals surface area contributed by atoms with E-state index in [-0.39, 0.29) is 18.2 Å². The van der Waals surface area contributed by atoms with Gasteiger partial charge < -0.3 is 23.8 Å². The molecule has 1 N–H and O–H groups in total. The van der Waals surface area contributed by atoms with Crippen molar-refractivity contribution < 1.29 is 33.4 Å². The fourth-order valence-electron chi connectivity index (χ4n) is 1.77. The van der Waals surface area contributed by atoms with Gasteiger partial charge in [0.1, 0.15) is 25.3 Å². The van der Waals surface area contributed by atoms with E-state index in [0.29, 0.717) is 32.9 Å². The highest BCUT2D eigenvalue weighted by atomic mass is 16.6. The summed E-state index contributed by atoms with van der Waals surface area (Å²) in [5.74, 6) is -0.182. The Bertz CT molecular complexity index is 375. The predicted molar refractivity (Wildman–Crippen MR) is 94.5 cm³/mol. The average Bonchev–Trinajstić information content (AvgIpc) is 2.55. The summed E-state index contributed by atoms with van der Waals surface area (Å²) in [5.41, 5.74) is -0.452. The Balaban J connectivity index is 3.69. The van der Waals surface area contributed by atoms with Gasteiger partial charge in [-0.3, -0.25) is 9.59 Å². The Morgan fingerprint density at radius 3 is 2.08 bits per heavy atom. The molecular weight excluding hydrogens is 326 g/mol. The molecule has 7 heteroatoms. The number of ether oxygens (including phenoxy) is 4. The van der Waals surface area contributed by atoms with Crippen LogP contribution < -0.4 is 4.90 Å². The lowest BCUT2D eigenvalue weighted by atomic mass is 9.91. The monoisotopic (exact) mass is 362 g/mol. The summed E-state index contributed by atoms with van der Waals surface area (Å²) in [6, 6.07) is 0. The number of carbonyl (C=O) groups excluding carboxylic acids is 2. The summed E-state index contributed by atoms with van der Waals surface area (Å²) in [6.07, 6.45) is 0.277. The van der Waals surface area contributed by atoms with Crippen molar-refractivity contribution in [2.75, 3.05) is 46.6 Å². The van der Waals surface area contributed by atoms with Gasteiger partial charge in [-0.25, -0.2) is 0 Å². The van der Waals surface area contributed by atoms with Crippen molar-refractivity contribution in [3.63, 3.8) is 0 Å². The Morgan fingerprint density at radius 2 is 1.60 bits per heavy atom. The topological polar surface area (TPSA) is 75.5 Å². The van der Waals surface area contributed by atoms with Gasteiger partial charge in [0.05, 0.1) is 38.9 Å². The van der Waals surface area contributed by atoms with E-state index in [1.165, 1.54) is 4.90 Å². The third-order valence-electron chi connectivity index (χ3n) is 4.08. The molecule has 0 amide bonds. The number of nitrogens with one attached hydrogen (secondary N) is 1. The molecule has 0 saturated carbocycles. The summed E-state index contributed by atoms with van der Waals surface area (Å²) in [4.78, 5) is 23.4. The van der Waals surface area contributed by atoms with Crippen molar-refractivity contribution in [3.8, 4) is 0 Å². The molecule has 0 fully saturated rings. The number of likely N-dealkylation sites (N-methyl/N-ethyl adjacent to an activating group) is 1. The van der Waals surface area contributed by atoms with Crippen LogP contribution in [0.25, 0.3) is 0 Å². The van der Waals surface area contributed by atoms with Gasteiger partial charge in [-0.05, 0) is 34.1 Å². The van der Waals surface area contributed by atoms with Crippen LogP contribution in [0, 0.1) is 5.41 Å². The minimum atomic E-state index is -0.452. The first-order chi connectivity index (χ1) is 11.7. The third-order valence-corrected chi connectivity index (χ3v) is 4.08. The summed E-state index contributed by atoms with van der Waals surface area (Å²) < 4.78 is 21.2. The Labute approximate surface area is 151 Å². The van der Waals surface area contributed by atoms with Crippen molar-refractivity contribution in [3.05, 3.63) is 0 Å². The molecule has 0 aliphatic rings. The second-order valence-corrected chi connectivity index (χ2v) is 7.10. The van der Waals surface area contributed by atoms with E-state index in [1.54, 1.807) is 6.92 Å². The molecule has 0 spiro atoms. The number of rotatable bonds is 15. The van der Waals surface area contributed by atoms with Gasteiger partial charge in [0.15, 0.2) is 0 Å². The predicted octanol–water partition coefficient (Wildman–Crippen LogP) is 0.464. The molecule has 148 valence electrons. The van der Waals surface area contributed by atoms with Crippen LogP contribution in [0.3, 0.4) is 0 Å².